The number of hydrogen-bond acceptors (Lipinski definition) is 2. The van der Waals surface area contributed by atoms with E-state index in [4.69, 9.17) is 0 Å². The molecule has 212 valence electrons. The Morgan fingerprint density at radius 3 is 0.946 bits per heavy atom. The molecule has 0 aliphatic heterocycles. The summed E-state index contributed by atoms with van der Waals surface area (Å²) in [7, 11) is 0. The maximum absolute atomic E-state index is 2.64. The van der Waals surface area contributed by atoms with Crippen LogP contribution in [-0.4, -0.2) is 36.8 Å². The van der Waals surface area contributed by atoms with Gasteiger partial charge in [0.2, 0.25) is 0 Å². The van der Waals surface area contributed by atoms with Gasteiger partial charge in [0.15, 0.2) is 0 Å². The third kappa shape index (κ3) is 10.7. The fourth-order valence-electron chi connectivity index (χ4n) is 6.27. The summed E-state index contributed by atoms with van der Waals surface area (Å²) in [5.41, 5.74) is 0. The molecule has 0 aromatic carbocycles. The van der Waals surface area contributed by atoms with Crippen molar-refractivity contribution in [2.45, 2.75) is 152 Å². The van der Waals surface area contributed by atoms with Crippen LogP contribution in [0.15, 0.2) is 24.3 Å². The molecule has 0 aliphatic rings. The first-order valence-electron chi connectivity index (χ1n) is 16.2. The van der Waals surface area contributed by atoms with Crippen LogP contribution in [0.2, 0.25) is 26.6 Å². The molecular weight excluding hydrogens is 698 g/mol. The molecule has 4 heteroatoms. The predicted octanol–water partition coefficient (Wildman–Crippen LogP) is 11.5. The Morgan fingerprint density at radius 1 is 0.432 bits per heavy atom. The van der Waals surface area contributed by atoms with Gasteiger partial charge in [-0.15, -0.1) is 0 Å². The van der Waals surface area contributed by atoms with Gasteiger partial charge in [0, 0.05) is 0 Å². The Balaban J connectivity index is 2.29. The zero-order valence-electron chi connectivity index (χ0n) is 25.6. The van der Waals surface area contributed by atoms with E-state index in [0.29, 0.717) is 0 Å². The first kappa shape index (κ1) is 34.2. The SMILES string of the molecule is CCC[CH2][Sn]([CH2]CCC)([CH2]CCC)[c]1ccc(Cc2cc[c]([Sn]([CH2]CCC)([CH2]CCC)[CH2]CCC)s2)s1. The minimum absolute atomic E-state index is 1.20. The molecule has 0 N–H and O–H groups in total. The zero-order chi connectivity index (χ0) is 27.0. The van der Waals surface area contributed by atoms with Crippen molar-refractivity contribution in [1.82, 2.24) is 0 Å². The van der Waals surface area contributed by atoms with Crippen LogP contribution in [0.4, 0.5) is 0 Å². The average molecular weight is 758 g/mol. The van der Waals surface area contributed by atoms with Crippen LogP contribution in [0.3, 0.4) is 0 Å². The van der Waals surface area contributed by atoms with Crippen molar-refractivity contribution in [3.63, 3.8) is 0 Å². The molecule has 0 nitrogen and oxygen atoms in total. The van der Waals surface area contributed by atoms with E-state index in [1.807, 2.05) is 5.79 Å². The second kappa shape index (κ2) is 19.2. The summed E-state index contributed by atoms with van der Waals surface area (Å²) in [5, 5.41) is 0. The maximum atomic E-state index is 2.64. The number of unbranched alkanes of at least 4 members (excludes halogenated alkanes) is 6. The third-order valence-electron chi connectivity index (χ3n) is 8.77. The molecule has 2 aromatic rings. The number of rotatable bonds is 22. The van der Waals surface area contributed by atoms with E-state index < -0.39 is 36.8 Å². The van der Waals surface area contributed by atoms with Gasteiger partial charge in [-0.2, -0.15) is 0 Å². The summed E-state index contributed by atoms with van der Waals surface area (Å²) >= 11 is -0.0530. The second-order valence-corrected chi connectivity index (χ2v) is 42.5. The third-order valence-corrected chi connectivity index (χ3v) is 47.5. The van der Waals surface area contributed by atoms with Crippen LogP contribution in [-0.2, 0) is 6.42 Å². The average Bonchev–Trinajstić information content (AvgIpc) is 3.59. The van der Waals surface area contributed by atoms with Gasteiger partial charge in [-0.05, 0) is 0 Å². The first-order valence-corrected chi connectivity index (χ1v) is 32.8. The molecule has 0 aliphatic carbocycles. The van der Waals surface area contributed by atoms with Gasteiger partial charge in [-0.1, -0.05) is 0 Å². The number of hydrogen-bond donors (Lipinski definition) is 0. The molecular formula is C33H60S2Sn2. The summed E-state index contributed by atoms with van der Waals surface area (Å²) < 4.78 is 13.4. The molecule has 0 saturated carbocycles. The van der Waals surface area contributed by atoms with Crippen molar-refractivity contribution in [2.24, 2.45) is 0 Å². The van der Waals surface area contributed by atoms with Gasteiger partial charge in [0.1, 0.15) is 0 Å². The van der Waals surface area contributed by atoms with Crippen molar-refractivity contribution in [3.05, 3.63) is 34.0 Å². The van der Waals surface area contributed by atoms with E-state index in [2.05, 4.69) is 88.5 Å². The molecule has 0 atom stereocenters. The topological polar surface area (TPSA) is 0 Å². The van der Waals surface area contributed by atoms with Gasteiger partial charge in [-0.3, -0.25) is 0 Å². The van der Waals surface area contributed by atoms with Gasteiger partial charge < -0.3 is 0 Å². The van der Waals surface area contributed by atoms with Gasteiger partial charge in [0.05, 0.1) is 0 Å². The van der Waals surface area contributed by atoms with Crippen molar-refractivity contribution in [1.29, 1.82) is 0 Å². The molecule has 0 bridgehead atoms. The van der Waals surface area contributed by atoms with Crippen molar-refractivity contribution in [2.75, 3.05) is 0 Å². The summed E-state index contributed by atoms with van der Waals surface area (Å²) in [5.74, 6) is 0. The molecule has 0 unspecified atom stereocenters. The van der Waals surface area contributed by atoms with E-state index in [9.17, 15) is 0 Å². The Bertz CT molecular complexity index is 725. The van der Waals surface area contributed by atoms with E-state index in [1.165, 1.54) is 83.5 Å². The van der Waals surface area contributed by atoms with E-state index in [1.54, 1.807) is 36.4 Å². The van der Waals surface area contributed by atoms with E-state index >= 15 is 0 Å². The Morgan fingerprint density at radius 2 is 0.703 bits per heavy atom. The monoisotopic (exact) mass is 760 g/mol. The van der Waals surface area contributed by atoms with Gasteiger partial charge >= 0.3 is 251 Å². The Hall–Kier alpha value is 0.997. The minimum atomic E-state index is -2.29. The fourth-order valence-corrected chi connectivity index (χ4v) is 47.1. The van der Waals surface area contributed by atoms with E-state index in [-0.39, 0.29) is 0 Å². The van der Waals surface area contributed by atoms with Crippen LogP contribution in [0.1, 0.15) is 128 Å². The summed E-state index contributed by atoms with van der Waals surface area (Å²) in [6.07, 6.45) is 18.2. The summed E-state index contributed by atoms with van der Waals surface area (Å²) in [6.45, 7) is 14.4. The predicted molar refractivity (Wildman–Crippen MR) is 181 cm³/mol. The van der Waals surface area contributed by atoms with E-state index in [0.717, 1.165) is 0 Å². The normalized spacial score (nSPS) is 12.5. The Labute approximate surface area is 248 Å². The van der Waals surface area contributed by atoms with Crippen LogP contribution in [0, 0.1) is 0 Å². The summed E-state index contributed by atoms with van der Waals surface area (Å²) in [6, 6.07) is 10.4. The first-order chi connectivity index (χ1) is 18.0. The van der Waals surface area contributed by atoms with Crippen LogP contribution < -0.4 is 5.79 Å². The fraction of sp³-hybridized carbons (Fsp3) is 0.758. The van der Waals surface area contributed by atoms with Crippen molar-refractivity contribution >= 4 is 65.2 Å². The molecule has 2 rings (SSSR count). The molecule has 2 aromatic heterocycles. The molecule has 0 fully saturated rings. The standard InChI is InChI=1S/C9H6S2.6C4H9.2Sn/c1-3-8(10-5-1)7-9-4-2-6-11-9;6*1-3-4-2;;/h1-4H,7H2;6*1,3-4H2,2H3;;. The molecule has 0 amide bonds. The summed E-state index contributed by atoms with van der Waals surface area (Å²) in [4.78, 5) is 3.32. The molecule has 37 heavy (non-hydrogen) atoms. The van der Waals surface area contributed by atoms with Crippen molar-refractivity contribution < 1.29 is 0 Å². The Kier molecular flexibility index (Phi) is 17.7. The number of thiophene rings is 2. The van der Waals surface area contributed by atoms with Crippen LogP contribution in [0.5, 0.6) is 0 Å². The molecule has 0 radical (unpaired) electrons. The molecule has 0 saturated heterocycles. The quantitative estimate of drug-likeness (QED) is 0.105. The van der Waals surface area contributed by atoms with Crippen LogP contribution in [0.25, 0.3) is 0 Å². The molecule has 0 spiro atoms. The zero-order valence-corrected chi connectivity index (χ0v) is 32.9. The molecule has 2 heterocycles. The van der Waals surface area contributed by atoms with Crippen molar-refractivity contribution in [3.8, 4) is 0 Å². The second-order valence-electron chi connectivity index (χ2n) is 11.9. The van der Waals surface area contributed by atoms with Crippen LogP contribution >= 0.6 is 22.7 Å². The van der Waals surface area contributed by atoms with Gasteiger partial charge in [-0.25, -0.2) is 0 Å². The van der Waals surface area contributed by atoms with Gasteiger partial charge in [0.25, 0.3) is 0 Å².